The molecular formula is C12H13ClN4O2S2. The van der Waals surface area contributed by atoms with Gasteiger partial charge in [0.15, 0.2) is 5.03 Å². The van der Waals surface area contributed by atoms with Gasteiger partial charge in [-0.15, -0.1) is 0 Å². The summed E-state index contributed by atoms with van der Waals surface area (Å²) in [5.74, 6) is 0. The molecule has 0 bridgehead atoms. The van der Waals surface area contributed by atoms with Crippen molar-refractivity contribution in [3.05, 3.63) is 46.6 Å². The average Bonchev–Trinajstić information content (AvgIpc) is 2.77. The fourth-order valence-electron chi connectivity index (χ4n) is 1.78. The summed E-state index contributed by atoms with van der Waals surface area (Å²) in [6.07, 6.45) is 1.28. The molecule has 0 spiro atoms. The molecule has 3 N–H and O–H groups in total. The molecule has 2 rings (SSSR count). The van der Waals surface area contributed by atoms with E-state index in [-0.39, 0.29) is 21.6 Å². The summed E-state index contributed by atoms with van der Waals surface area (Å²) < 4.78 is 28.1. The van der Waals surface area contributed by atoms with Gasteiger partial charge in [-0.25, -0.2) is 13.1 Å². The Labute approximate surface area is 133 Å². The van der Waals surface area contributed by atoms with Gasteiger partial charge in [-0.1, -0.05) is 42.0 Å². The van der Waals surface area contributed by atoms with Crippen molar-refractivity contribution in [1.82, 2.24) is 14.5 Å². The van der Waals surface area contributed by atoms with Crippen molar-refractivity contribution in [2.24, 2.45) is 12.8 Å². The normalized spacial score (nSPS) is 11.5. The zero-order valence-electron chi connectivity index (χ0n) is 11.1. The smallest absolute Gasteiger partial charge is 0.259 e. The van der Waals surface area contributed by atoms with Crippen LogP contribution >= 0.6 is 23.8 Å². The Kier molecular flexibility index (Phi) is 4.62. The first-order valence-corrected chi connectivity index (χ1v) is 8.14. The number of nitrogens with two attached hydrogens (primary N) is 1. The third-order valence-corrected chi connectivity index (χ3v) is 4.92. The molecule has 0 aliphatic rings. The van der Waals surface area contributed by atoms with Crippen LogP contribution < -0.4 is 10.5 Å². The number of halogens is 1. The Morgan fingerprint density at radius 2 is 2.24 bits per heavy atom. The van der Waals surface area contributed by atoms with Crippen molar-refractivity contribution in [2.45, 2.75) is 11.6 Å². The molecule has 0 radical (unpaired) electrons. The van der Waals surface area contributed by atoms with Crippen LogP contribution in [0.3, 0.4) is 0 Å². The van der Waals surface area contributed by atoms with Crippen LogP contribution in [-0.2, 0) is 23.6 Å². The third-order valence-electron chi connectivity index (χ3n) is 2.77. The lowest BCUT2D eigenvalue weighted by atomic mass is 10.1. The molecule has 1 aromatic heterocycles. The number of benzene rings is 1. The van der Waals surface area contributed by atoms with E-state index in [1.54, 1.807) is 24.3 Å². The largest absolute Gasteiger partial charge is 0.389 e. The third kappa shape index (κ3) is 3.59. The fraction of sp³-hybridized carbons (Fsp3) is 0.167. The number of sulfonamides is 1. The van der Waals surface area contributed by atoms with Crippen molar-refractivity contribution < 1.29 is 8.42 Å². The van der Waals surface area contributed by atoms with Gasteiger partial charge in [0.2, 0.25) is 0 Å². The minimum Gasteiger partial charge on any atom is -0.389 e. The molecular weight excluding hydrogens is 332 g/mol. The minimum atomic E-state index is -3.76. The lowest BCUT2D eigenvalue weighted by molar-refractivity contribution is 0.563. The highest BCUT2D eigenvalue weighted by molar-refractivity contribution is 7.89. The first kappa shape index (κ1) is 15.9. The zero-order valence-corrected chi connectivity index (χ0v) is 13.5. The summed E-state index contributed by atoms with van der Waals surface area (Å²) in [6.45, 7) is 0.0975. The fourth-order valence-corrected chi connectivity index (χ4v) is 3.58. The number of hydrogen-bond donors (Lipinski definition) is 2. The zero-order chi connectivity index (χ0) is 15.6. The second-order valence-corrected chi connectivity index (χ2v) is 6.84. The average molecular weight is 345 g/mol. The molecule has 21 heavy (non-hydrogen) atoms. The number of hydrogen-bond acceptors (Lipinski definition) is 4. The molecule has 0 atom stereocenters. The Morgan fingerprint density at radius 3 is 2.81 bits per heavy atom. The Hall–Kier alpha value is -1.48. The lowest BCUT2D eigenvalue weighted by Crippen LogP contribution is -2.25. The SMILES string of the molecule is Cn1ncc(Cl)c1S(=O)(=O)NCc1cccc(C(N)=S)c1. The second-order valence-electron chi connectivity index (χ2n) is 4.31. The highest BCUT2D eigenvalue weighted by Gasteiger charge is 2.22. The first-order valence-electron chi connectivity index (χ1n) is 5.87. The molecule has 0 fully saturated rings. The van der Waals surface area contributed by atoms with E-state index >= 15 is 0 Å². The van der Waals surface area contributed by atoms with Gasteiger partial charge < -0.3 is 5.73 Å². The van der Waals surface area contributed by atoms with Gasteiger partial charge in [-0.2, -0.15) is 5.10 Å². The Bertz CT molecular complexity index is 767. The molecule has 1 heterocycles. The van der Waals surface area contributed by atoms with Crippen molar-refractivity contribution in [3.8, 4) is 0 Å². The maximum atomic E-state index is 12.2. The Balaban J connectivity index is 2.20. The van der Waals surface area contributed by atoms with Crippen LogP contribution in [0.2, 0.25) is 5.02 Å². The van der Waals surface area contributed by atoms with Crippen LogP contribution in [0, 0.1) is 0 Å². The lowest BCUT2D eigenvalue weighted by Gasteiger charge is -2.08. The summed E-state index contributed by atoms with van der Waals surface area (Å²) >= 11 is 10.7. The van der Waals surface area contributed by atoms with Crippen LogP contribution in [0.5, 0.6) is 0 Å². The van der Waals surface area contributed by atoms with E-state index in [1.807, 2.05) is 0 Å². The number of aromatic nitrogens is 2. The molecule has 112 valence electrons. The summed E-state index contributed by atoms with van der Waals surface area (Å²) in [5, 5.41) is 3.80. The Morgan fingerprint density at radius 1 is 1.52 bits per heavy atom. The number of thiocarbonyl (C=S) groups is 1. The van der Waals surface area contributed by atoms with Crippen LogP contribution in [0.25, 0.3) is 0 Å². The molecule has 1 aromatic carbocycles. The summed E-state index contributed by atoms with van der Waals surface area (Å²) in [4.78, 5) is 0.259. The molecule has 0 unspecified atom stereocenters. The highest BCUT2D eigenvalue weighted by Crippen LogP contribution is 2.19. The van der Waals surface area contributed by atoms with E-state index in [0.29, 0.717) is 5.56 Å². The van der Waals surface area contributed by atoms with Crippen molar-refractivity contribution >= 4 is 38.8 Å². The maximum Gasteiger partial charge on any atom is 0.259 e. The predicted octanol–water partition coefficient (Wildman–Crippen LogP) is 1.19. The van der Waals surface area contributed by atoms with Gasteiger partial charge in [-0.3, -0.25) is 4.68 Å². The molecule has 9 heteroatoms. The van der Waals surface area contributed by atoms with Crippen molar-refractivity contribution in [3.63, 3.8) is 0 Å². The topological polar surface area (TPSA) is 90.0 Å². The van der Waals surface area contributed by atoms with Crippen molar-refractivity contribution in [2.75, 3.05) is 0 Å². The number of rotatable bonds is 5. The number of nitrogens with zero attached hydrogens (tertiary/aromatic N) is 2. The predicted molar refractivity (Wildman–Crippen MR) is 84.6 cm³/mol. The van der Waals surface area contributed by atoms with E-state index in [1.165, 1.54) is 17.9 Å². The van der Waals surface area contributed by atoms with Crippen LogP contribution in [0.4, 0.5) is 0 Å². The molecule has 0 saturated carbocycles. The van der Waals surface area contributed by atoms with Gasteiger partial charge in [0.1, 0.15) is 4.99 Å². The van der Waals surface area contributed by atoms with E-state index < -0.39 is 10.0 Å². The van der Waals surface area contributed by atoms with E-state index in [0.717, 1.165) is 5.56 Å². The van der Waals surface area contributed by atoms with E-state index in [2.05, 4.69) is 9.82 Å². The van der Waals surface area contributed by atoms with E-state index in [4.69, 9.17) is 29.6 Å². The quantitative estimate of drug-likeness (QED) is 0.795. The highest BCUT2D eigenvalue weighted by atomic mass is 35.5. The summed E-state index contributed by atoms with van der Waals surface area (Å²) in [5.41, 5.74) is 6.96. The first-order chi connectivity index (χ1) is 9.81. The van der Waals surface area contributed by atoms with E-state index in [9.17, 15) is 8.42 Å². The van der Waals surface area contributed by atoms with Gasteiger partial charge in [0.05, 0.1) is 11.2 Å². The van der Waals surface area contributed by atoms with Gasteiger partial charge in [-0.05, 0) is 11.6 Å². The molecule has 0 aliphatic carbocycles. The molecule has 0 amide bonds. The monoisotopic (exact) mass is 344 g/mol. The number of nitrogens with one attached hydrogen (secondary N) is 1. The molecule has 6 nitrogen and oxygen atoms in total. The van der Waals surface area contributed by atoms with Gasteiger partial charge in [0.25, 0.3) is 10.0 Å². The van der Waals surface area contributed by atoms with Gasteiger partial charge >= 0.3 is 0 Å². The number of aryl methyl sites for hydroxylation is 1. The molecule has 2 aromatic rings. The molecule has 0 aliphatic heterocycles. The van der Waals surface area contributed by atoms with Crippen molar-refractivity contribution in [1.29, 1.82) is 0 Å². The standard InChI is InChI=1S/C12H13ClN4O2S2/c1-17-12(10(13)7-15-17)21(18,19)16-6-8-3-2-4-9(5-8)11(14)20/h2-5,7,16H,6H2,1H3,(H2,14,20). The minimum absolute atomic E-state index is 0.0712. The van der Waals surface area contributed by atoms with Crippen LogP contribution in [0.15, 0.2) is 35.5 Å². The maximum absolute atomic E-state index is 12.2. The van der Waals surface area contributed by atoms with Crippen LogP contribution in [-0.4, -0.2) is 23.2 Å². The summed E-state index contributed by atoms with van der Waals surface area (Å²) in [6, 6.07) is 7.03. The molecule has 0 saturated heterocycles. The van der Waals surface area contributed by atoms with Crippen LogP contribution in [0.1, 0.15) is 11.1 Å². The second kappa shape index (κ2) is 6.10. The summed E-state index contributed by atoms with van der Waals surface area (Å²) in [7, 11) is -2.25. The van der Waals surface area contributed by atoms with Gasteiger partial charge in [0, 0.05) is 19.2 Å².